The predicted octanol–water partition coefficient (Wildman–Crippen LogP) is 3.09. The van der Waals surface area contributed by atoms with E-state index in [2.05, 4.69) is 12.2 Å². The van der Waals surface area contributed by atoms with E-state index in [0.717, 1.165) is 16.9 Å². The molecule has 0 radical (unpaired) electrons. The van der Waals surface area contributed by atoms with Gasteiger partial charge in [0, 0.05) is 12.0 Å². The van der Waals surface area contributed by atoms with Crippen molar-refractivity contribution < 1.29 is 28.7 Å². The monoisotopic (exact) mass is 485 g/mol. The molecule has 36 heavy (non-hydrogen) atoms. The molecule has 1 aliphatic heterocycles. The van der Waals surface area contributed by atoms with Crippen LogP contribution in [0.15, 0.2) is 66.7 Å². The Kier molecular flexibility index (Phi) is 5.51. The lowest BCUT2D eigenvalue weighted by molar-refractivity contribution is -0.158. The van der Waals surface area contributed by atoms with Crippen LogP contribution in [0.5, 0.6) is 5.75 Å². The second kappa shape index (κ2) is 8.73. The summed E-state index contributed by atoms with van der Waals surface area (Å²) in [6.07, 6.45) is 5.42. The Morgan fingerprint density at radius 2 is 1.53 bits per heavy atom. The molecule has 0 N–H and O–H groups in total. The second-order valence-corrected chi connectivity index (χ2v) is 10.2. The molecule has 2 aromatic carbocycles. The molecule has 2 saturated carbocycles. The smallest absolute Gasteiger partial charge is 0.330 e. The number of Topliss-reactive ketones (excluding diaryl/α,β-unsaturated/α-hetero) is 1. The lowest BCUT2D eigenvalue weighted by Gasteiger charge is -2.37. The number of esters is 1. The number of allylic oxidation sites excluding steroid dienone is 2. The number of carbonyl (C=O) groups excluding carboxylic acids is 4. The first kappa shape index (κ1) is 22.7. The van der Waals surface area contributed by atoms with Crippen LogP contribution in [0, 0.1) is 35.5 Å². The van der Waals surface area contributed by atoms with Crippen LogP contribution in [0.25, 0.3) is 0 Å². The van der Waals surface area contributed by atoms with E-state index in [4.69, 9.17) is 9.47 Å². The Morgan fingerprint density at radius 3 is 2.11 bits per heavy atom. The van der Waals surface area contributed by atoms with E-state index in [1.165, 1.54) is 7.11 Å². The Hall–Kier alpha value is -3.74. The molecule has 7 heteroatoms. The van der Waals surface area contributed by atoms with Gasteiger partial charge in [0.2, 0.25) is 11.8 Å². The van der Waals surface area contributed by atoms with Gasteiger partial charge in [0.1, 0.15) is 11.8 Å². The molecule has 3 fully saturated rings. The number of ether oxygens (including phenoxy) is 2. The highest BCUT2D eigenvalue weighted by atomic mass is 16.5. The average molecular weight is 486 g/mol. The molecule has 184 valence electrons. The molecule has 4 aliphatic carbocycles. The summed E-state index contributed by atoms with van der Waals surface area (Å²) in [6.45, 7) is -0.476. The summed E-state index contributed by atoms with van der Waals surface area (Å²) < 4.78 is 10.5. The molecule has 7 nitrogen and oxygen atoms in total. The standard InChI is InChI=1S/C29H27NO6/c1-35-18-9-7-17(8-10-18)24(31)15-36-29(34)23(13-16-5-3-2-4-6-16)30-27(32)25-19-11-12-20(22-14-21(19)22)26(25)28(30)33/h2-12,19-23,25-26H,13-15H2,1H3/t19-,20-,21-,22+,23-,25-,26+/m0/s1. The molecule has 1 heterocycles. The lowest BCUT2D eigenvalue weighted by atomic mass is 9.63. The maximum Gasteiger partial charge on any atom is 0.330 e. The zero-order valence-electron chi connectivity index (χ0n) is 19.9. The van der Waals surface area contributed by atoms with Gasteiger partial charge in [0.25, 0.3) is 0 Å². The van der Waals surface area contributed by atoms with Gasteiger partial charge in [-0.05, 0) is 59.9 Å². The van der Waals surface area contributed by atoms with Crippen LogP contribution in [-0.4, -0.2) is 48.2 Å². The van der Waals surface area contributed by atoms with Crippen molar-refractivity contribution in [2.75, 3.05) is 13.7 Å². The average Bonchev–Trinajstić information content (AvgIpc) is 3.70. The van der Waals surface area contributed by atoms with Crippen molar-refractivity contribution in [2.24, 2.45) is 35.5 Å². The van der Waals surface area contributed by atoms with Crippen LogP contribution in [-0.2, 0) is 25.5 Å². The fourth-order valence-corrected chi connectivity index (χ4v) is 6.50. The summed E-state index contributed by atoms with van der Waals surface area (Å²) in [5, 5.41) is 0. The minimum atomic E-state index is -1.11. The van der Waals surface area contributed by atoms with Gasteiger partial charge < -0.3 is 9.47 Å². The number of hydrogen-bond acceptors (Lipinski definition) is 6. The highest BCUT2D eigenvalue weighted by Crippen LogP contribution is 2.65. The number of methoxy groups -OCH3 is 1. The van der Waals surface area contributed by atoms with Gasteiger partial charge in [-0.2, -0.15) is 0 Å². The summed E-state index contributed by atoms with van der Waals surface area (Å²) in [5.41, 5.74) is 1.18. The molecule has 0 aromatic heterocycles. The molecule has 0 unspecified atom stereocenters. The fourth-order valence-electron chi connectivity index (χ4n) is 6.50. The number of ketones is 1. The van der Waals surface area contributed by atoms with E-state index in [0.29, 0.717) is 23.1 Å². The van der Waals surface area contributed by atoms with E-state index in [-0.39, 0.29) is 35.9 Å². The number of likely N-dealkylation sites (tertiary alicyclic amines) is 1. The molecular formula is C29H27NO6. The van der Waals surface area contributed by atoms with Crippen LogP contribution in [0.3, 0.4) is 0 Å². The van der Waals surface area contributed by atoms with Crippen LogP contribution >= 0.6 is 0 Å². The van der Waals surface area contributed by atoms with Crippen molar-refractivity contribution >= 4 is 23.6 Å². The van der Waals surface area contributed by atoms with E-state index in [1.807, 2.05) is 30.3 Å². The van der Waals surface area contributed by atoms with Gasteiger partial charge >= 0.3 is 5.97 Å². The minimum absolute atomic E-state index is 0.0662. The number of nitrogens with zero attached hydrogens (tertiary/aromatic N) is 1. The minimum Gasteiger partial charge on any atom is -0.497 e. The molecule has 2 amide bonds. The summed E-state index contributed by atoms with van der Waals surface area (Å²) >= 11 is 0. The summed E-state index contributed by atoms with van der Waals surface area (Å²) in [4.78, 5) is 54.5. The topological polar surface area (TPSA) is 90.0 Å². The van der Waals surface area contributed by atoms with Crippen molar-refractivity contribution in [3.63, 3.8) is 0 Å². The third-order valence-electron chi connectivity index (χ3n) is 8.31. The number of hydrogen-bond donors (Lipinski definition) is 0. The molecule has 7 rings (SSSR count). The molecular weight excluding hydrogens is 458 g/mol. The van der Waals surface area contributed by atoms with Crippen molar-refractivity contribution in [1.82, 2.24) is 4.90 Å². The Labute approximate surface area is 209 Å². The van der Waals surface area contributed by atoms with E-state index in [1.54, 1.807) is 24.3 Å². The Balaban J connectivity index is 1.23. The van der Waals surface area contributed by atoms with Gasteiger partial charge in [-0.3, -0.25) is 19.3 Å². The summed E-state index contributed by atoms with van der Waals surface area (Å²) in [7, 11) is 1.53. The lowest BCUT2D eigenvalue weighted by Crippen LogP contribution is -2.48. The van der Waals surface area contributed by atoms with Gasteiger partial charge in [-0.15, -0.1) is 0 Å². The van der Waals surface area contributed by atoms with Gasteiger partial charge in [-0.1, -0.05) is 42.5 Å². The van der Waals surface area contributed by atoms with E-state index >= 15 is 0 Å². The molecule has 1 saturated heterocycles. The SMILES string of the molecule is COc1ccc(C(=O)COC(=O)[C@H](Cc2ccccc2)N2C(=O)[C@@H]3[C@H]4C=C[C@@H]([C@@H]5C[C@H]45)[C@@H]3C2=O)cc1. The van der Waals surface area contributed by atoms with Crippen molar-refractivity contribution in [3.05, 3.63) is 77.9 Å². The predicted molar refractivity (Wildman–Crippen MR) is 129 cm³/mol. The first-order valence-corrected chi connectivity index (χ1v) is 12.4. The van der Waals surface area contributed by atoms with Crippen LogP contribution in [0.4, 0.5) is 0 Å². The third kappa shape index (κ3) is 3.65. The zero-order chi connectivity index (χ0) is 25.0. The third-order valence-corrected chi connectivity index (χ3v) is 8.31. The maximum absolute atomic E-state index is 13.6. The van der Waals surface area contributed by atoms with Crippen LogP contribution in [0.1, 0.15) is 22.3 Å². The first-order valence-electron chi connectivity index (χ1n) is 12.4. The highest BCUT2D eigenvalue weighted by Gasteiger charge is 2.68. The van der Waals surface area contributed by atoms with Gasteiger partial charge in [0.15, 0.2) is 12.4 Å². The van der Waals surface area contributed by atoms with E-state index < -0.39 is 30.5 Å². The summed E-state index contributed by atoms with van der Waals surface area (Å²) in [6, 6.07) is 14.6. The van der Waals surface area contributed by atoms with E-state index in [9.17, 15) is 19.2 Å². The van der Waals surface area contributed by atoms with Crippen LogP contribution in [0.2, 0.25) is 0 Å². The number of benzene rings is 2. The van der Waals surface area contributed by atoms with Crippen molar-refractivity contribution in [3.8, 4) is 5.75 Å². The molecule has 7 atom stereocenters. The second-order valence-electron chi connectivity index (χ2n) is 10.2. The molecule has 0 spiro atoms. The maximum atomic E-state index is 13.6. The summed E-state index contributed by atoms with van der Waals surface area (Å²) in [5.74, 6) is -0.798. The molecule has 2 bridgehead atoms. The van der Waals surface area contributed by atoms with Crippen molar-refractivity contribution in [2.45, 2.75) is 18.9 Å². The fraction of sp³-hybridized carbons (Fsp3) is 0.379. The highest BCUT2D eigenvalue weighted by molar-refractivity contribution is 6.09. The number of rotatable bonds is 8. The number of amides is 2. The zero-order valence-corrected chi connectivity index (χ0v) is 19.9. The normalized spacial score (nSPS) is 30.0. The Bertz CT molecular complexity index is 1220. The quantitative estimate of drug-likeness (QED) is 0.247. The first-order chi connectivity index (χ1) is 17.5. The molecule has 2 aromatic rings. The Morgan fingerprint density at radius 1 is 0.917 bits per heavy atom. The number of carbonyl (C=O) groups is 4. The van der Waals surface area contributed by atoms with Crippen molar-refractivity contribution in [1.29, 1.82) is 0 Å². The number of imide groups is 1. The van der Waals surface area contributed by atoms with Crippen LogP contribution < -0.4 is 4.74 Å². The van der Waals surface area contributed by atoms with Gasteiger partial charge in [0.05, 0.1) is 18.9 Å². The molecule has 5 aliphatic rings. The largest absolute Gasteiger partial charge is 0.497 e. The van der Waals surface area contributed by atoms with Gasteiger partial charge in [-0.25, -0.2) is 4.79 Å².